The number of aliphatic hydroxyl groups is 1. The molecule has 0 aromatic carbocycles. The zero-order valence-electron chi connectivity index (χ0n) is 9.55. The quantitative estimate of drug-likeness (QED) is 0.593. The number of hydrogen-bond donors (Lipinski definition) is 3. The maximum atomic E-state index is 10.8. The molecule has 3 N–H and O–H groups in total. The van der Waals surface area contributed by atoms with Gasteiger partial charge in [0.2, 0.25) is 5.91 Å². The second-order valence-electron chi connectivity index (χ2n) is 4.72. The molecule has 0 spiro atoms. The van der Waals surface area contributed by atoms with Gasteiger partial charge in [0.1, 0.15) is 0 Å². The fourth-order valence-corrected chi connectivity index (χ4v) is 1.22. The minimum atomic E-state index is -0.389. The Labute approximate surface area is 86.1 Å². The number of amides is 1. The van der Waals surface area contributed by atoms with E-state index in [4.69, 9.17) is 0 Å². The monoisotopic (exact) mass is 202 g/mol. The van der Waals surface area contributed by atoms with Gasteiger partial charge in [-0.2, -0.15) is 0 Å². The summed E-state index contributed by atoms with van der Waals surface area (Å²) in [5.41, 5.74) is 0.119. The van der Waals surface area contributed by atoms with Crippen molar-refractivity contribution in [2.24, 2.45) is 5.41 Å². The lowest BCUT2D eigenvalue weighted by molar-refractivity contribution is -0.119. The molecule has 0 aliphatic carbocycles. The van der Waals surface area contributed by atoms with Crippen LogP contribution in [0.2, 0.25) is 0 Å². The molecule has 4 heteroatoms. The Morgan fingerprint density at radius 2 is 2.00 bits per heavy atom. The molecular formula is C10H22N2O2. The molecule has 0 fully saturated rings. The highest BCUT2D eigenvalue weighted by atomic mass is 16.3. The van der Waals surface area contributed by atoms with Crippen molar-refractivity contribution in [3.05, 3.63) is 0 Å². The highest BCUT2D eigenvalue weighted by molar-refractivity contribution is 5.77. The summed E-state index contributed by atoms with van der Waals surface area (Å²) in [5, 5.41) is 15.0. The first-order chi connectivity index (χ1) is 6.35. The molecule has 4 nitrogen and oxygen atoms in total. The number of rotatable bonds is 5. The van der Waals surface area contributed by atoms with Gasteiger partial charge in [-0.15, -0.1) is 0 Å². The van der Waals surface area contributed by atoms with Crippen LogP contribution in [-0.2, 0) is 4.79 Å². The molecule has 0 radical (unpaired) electrons. The maximum Gasteiger partial charge on any atom is 0.233 e. The van der Waals surface area contributed by atoms with Crippen molar-refractivity contribution in [3.63, 3.8) is 0 Å². The summed E-state index contributed by atoms with van der Waals surface area (Å²) in [4.78, 5) is 10.8. The first-order valence-corrected chi connectivity index (χ1v) is 4.94. The Morgan fingerprint density at radius 3 is 2.43 bits per heavy atom. The Bertz CT molecular complexity index is 175. The molecule has 1 amide bonds. The van der Waals surface area contributed by atoms with E-state index in [-0.39, 0.29) is 24.0 Å². The van der Waals surface area contributed by atoms with Crippen LogP contribution >= 0.6 is 0 Å². The van der Waals surface area contributed by atoms with Crippen molar-refractivity contribution in [2.45, 2.75) is 33.3 Å². The van der Waals surface area contributed by atoms with Gasteiger partial charge in [0.25, 0.3) is 0 Å². The van der Waals surface area contributed by atoms with Gasteiger partial charge in [0, 0.05) is 13.6 Å². The van der Waals surface area contributed by atoms with E-state index in [1.165, 1.54) is 0 Å². The normalized spacial score (nSPS) is 13.8. The van der Waals surface area contributed by atoms with Crippen molar-refractivity contribution in [2.75, 3.05) is 20.1 Å². The van der Waals surface area contributed by atoms with E-state index in [1.807, 2.05) is 0 Å². The summed E-state index contributed by atoms with van der Waals surface area (Å²) < 4.78 is 0. The van der Waals surface area contributed by atoms with Gasteiger partial charge in [-0.3, -0.25) is 4.79 Å². The molecule has 0 aliphatic rings. The predicted octanol–water partition coefficient (Wildman–Crippen LogP) is 0.119. The molecule has 14 heavy (non-hydrogen) atoms. The van der Waals surface area contributed by atoms with Crippen molar-refractivity contribution >= 4 is 5.91 Å². The van der Waals surface area contributed by atoms with Gasteiger partial charge in [0.05, 0.1) is 12.6 Å². The van der Waals surface area contributed by atoms with Crippen molar-refractivity contribution < 1.29 is 9.90 Å². The molecular weight excluding hydrogens is 180 g/mol. The van der Waals surface area contributed by atoms with Gasteiger partial charge < -0.3 is 15.7 Å². The predicted molar refractivity (Wildman–Crippen MR) is 57.0 cm³/mol. The molecule has 0 saturated heterocycles. The van der Waals surface area contributed by atoms with Crippen LogP contribution in [0.25, 0.3) is 0 Å². The van der Waals surface area contributed by atoms with E-state index in [0.717, 1.165) is 6.42 Å². The molecule has 0 rings (SSSR count). The third-order valence-electron chi connectivity index (χ3n) is 1.79. The van der Waals surface area contributed by atoms with E-state index in [2.05, 4.69) is 31.4 Å². The fraction of sp³-hybridized carbons (Fsp3) is 0.900. The molecule has 0 aliphatic heterocycles. The lowest BCUT2D eigenvalue weighted by atomic mass is 9.89. The standard InChI is InChI=1S/C10H22N2O2/c1-10(2,3)5-8(13)6-12-7-9(14)11-4/h8,12-13H,5-7H2,1-4H3,(H,11,14). The Morgan fingerprint density at radius 1 is 1.43 bits per heavy atom. The SMILES string of the molecule is CNC(=O)CNCC(O)CC(C)(C)C. The number of likely N-dealkylation sites (N-methyl/N-ethyl adjacent to an activating group) is 1. The molecule has 1 unspecified atom stereocenters. The van der Waals surface area contributed by atoms with Crippen molar-refractivity contribution in [1.82, 2.24) is 10.6 Å². The van der Waals surface area contributed by atoms with Gasteiger partial charge in [-0.1, -0.05) is 20.8 Å². The van der Waals surface area contributed by atoms with E-state index >= 15 is 0 Å². The number of carbonyl (C=O) groups is 1. The van der Waals surface area contributed by atoms with E-state index in [0.29, 0.717) is 6.54 Å². The lowest BCUT2D eigenvalue weighted by Gasteiger charge is -2.22. The number of nitrogens with one attached hydrogen (secondary N) is 2. The Kier molecular flexibility index (Phi) is 5.72. The van der Waals surface area contributed by atoms with Crippen LogP contribution in [0.4, 0.5) is 0 Å². The zero-order chi connectivity index (χ0) is 11.2. The second-order valence-corrected chi connectivity index (χ2v) is 4.72. The molecule has 0 aromatic heterocycles. The average Bonchev–Trinajstić information content (AvgIpc) is 2.00. The van der Waals surface area contributed by atoms with Gasteiger partial charge >= 0.3 is 0 Å². The van der Waals surface area contributed by atoms with Crippen molar-refractivity contribution in [1.29, 1.82) is 0 Å². The molecule has 84 valence electrons. The molecule has 1 atom stereocenters. The molecule has 0 heterocycles. The lowest BCUT2D eigenvalue weighted by Crippen LogP contribution is -2.36. The van der Waals surface area contributed by atoms with Gasteiger partial charge in [-0.05, 0) is 11.8 Å². The summed E-state index contributed by atoms with van der Waals surface area (Å²) in [6.07, 6.45) is 0.341. The summed E-state index contributed by atoms with van der Waals surface area (Å²) in [7, 11) is 1.59. The summed E-state index contributed by atoms with van der Waals surface area (Å²) >= 11 is 0. The van der Waals surface area contributed by atoms with Crippen LogP contribution in [0.15, 0.2) is 0 Å². The summed E-state index contributed by atoms with van der Waals surface area (Å²) in [6.45, 7) is 6.96. The van der Waals surface area contributed by atoms with Crippen molar-refractivity contribution in [3.8, 4) is 0 Å². The topological polar surface area (TPSA) is 61.4 Å². The van der Waals surface area contributed by atoms with Crippen LogP contribution in [0, 0.1) is 5.41 Å². The minimum absolute atomic E-state index is 0.0621. The maximum absolute atomic E-state index is 10.8. The summed E-state index contributed by atoms with van der Waals surface area (Å²) in [6, 6.07) is 0. The van der Waals surface area contributed by atoms with Crippen LogP contribution < -0.4 is 10.6 Å². The number of hydrogen-bond acceptors (Lipinski definition) is 3. The highest BCUT2D eigenvalue weighted by Gasteiger charge is 2.16. The van der Waals surface area contributed by atoms with E-state index in [9.17, 15) is 9.90 Å². The van der Waals surface area contributed by atoms with E-state index in [1.54, 1.807) is 7.05 Å². The van der Waals surface area contributed by atoms with Gasteiger partial charge in [0.15, 0.2) is 0 Å². The Balaban J connectivity index is 3.54. The van der Waals surface area contributed by atoms with Crippen LogP contribution in [-0.4, -0.2) is 37.3 Å². The van der Waals surface area contributed by atoms with Crippen LogP contribution in [0.3, 0.4) is 0 Å². The molecule has 0 saturated carbocycles. The van der Waals surface area contributed by atoms with Gasteiger partial charge in [-0.25, -0.2) is 0 Å². The fourth-order valence-electron chi connectivity index (χ4n) is 1.22. The Hall–Kier alpha value is -0.610. The van der Waals surface area contributed by atoms with Crippen LogP contribution in [0.5, 0.6) is 0 Å². The minimum Gasteiger partial charge on any atom is -0.392 e. The van der Waals surface area contributed by atoms with Crippen LogP contribution in [0.1, 0.15) is 27.2 Å². The zero-order valence-corrected chi connectivity index (χ0v) is 9.55. The first kappa shape index (κ1) is 13.4. The number of carbonyl (C=O) groups excluding carboxylic acids is 1. The average molecular weight is 202 g/mol. The largest absolute Gasteiger partial charge is 0.392 e. The first-order valence-electron chi connectivity index (χ1n) is 4.94. The number of aliphatic hydroxyl groups excluding tert-OH is 1. The molecule has 0 aromatic rings. The molecule has 0 bridgehead atoms. The highest BCUT2D eigenvalue weighted by Crippen LogP contribution is 2.20. The second kappa shape index (κ2) is 5.98. The smallest absolute Gasteiger partial charge is 0.233 e. The van der Waals surface area contributed by atoms with E-state index < -0.39 is 0 Å². The third kappa shape index (κ3) is 8.01. The third-order valence-corrected chi connectivity index (χ3v) is 1.79. The summed E-state index contributed by atoms with van der Waals surface area (Å²) in [5.74, 6) is -0.0621.